The van der Waals surface area contributed by atoms with E-state index in [9.17, 15) is 18.4 Å². The number of carbonyl (C=O) groups excluding carboxylic acids is 2. The number of ether oxygens (including phenoxy) is 1. The summed E-state index contributed by atoms with van der Waals surface area (Å²) < 4.78 is 34.0. The lowest BCUT2D eigenvalue weighted by Crippen LogP contribution is -2.48. The van der Waals surface area contributed by atoms with Crippen LogP contribution < -0.4 is 5.32 Å². The Balaban J connectivity index is 1.87. The minimum atomic E-state index is -1.33. The molecule has 1 saturated heterocycles. The summed E-state index contributed by atoms with van der Waals surface area (Å²) in [6.45, 7) is 4.90. The minimum Gasteiger partial charge on any atom is -0.444 e. The number of nitrogens with one attached hydrogen (secondary N) is 1. The van der Waals surface area contributed by atoms with E-state index in [0.29, 0.717) is 10.0 Å². The maximum Gasteiger partial charge on any atom is 0.411 e. The maximum absolute atomic E-state index is 14.2. The van der Waals surface area contributed by atoms with Crippen LogP contribution in [0.4, 0.5) is 13.6 Å². The molecule has 31 heavy (non-hydrogen) atoms. The predicted octanol–water partition coefficient (Wildman–Crippen LogP) is 5.14. The average molecular weight is 495 g/mol. The maximum atomic E-state index is 14.2. The van der Waals surface area contributed by atoms with Crippen molar-refractivity contribution in [2.75, 3.05) is 6.54 Å². The summed E-state index contributed by atoms with van der Waals surface area (Å²) in [5, 5.41) is 2.87. The van der Waals surface area contributed by atoms with Gasteiger partial charge in [0, 0.05) is 6.42 Å². The molecule has 1 fully saturated rings. The van der Waals surface area contributed by atoms with Crippen LogP contribution >= 0.6 is 15.9 Å². The molecule has 1 heterocycles. The molecule has 3 atom stereocenters. The molecule has 0 bridgehead atoms. The van der Waals surface area contributed by atoms with Gasteiger partial charge in [0.25, 0.3) is 0 Å². The monoisotopic (exact) mass is 494 g/mol. The van der Waals surface area contributed by atoms with E-state index < -0.39 is 41.7 Å². The van der Waals surface area contributed by atoms with E-state index >= 15 is 0 Å². The third kappa shape index (κ3) is 5.81. The standard InChI is InChI=1S/C23H25BrF2N2O3/c1-23(2,3)31-22(30)28-13-16(25)12-19(28)21(29)27-20(14-7-5-4-6-8-14)15-9-10-17(24)18(26)11-15/h4-11,16,19-20H,12-13H2,1-3H3,(H,27,29)/t16?,19?,20-/m0/s1. The summed E-state index contributed by atoms with van der Waals surface area (Å²) in [7, 11) is 0. The van der Waals surface area contributed by atoms with Crippen LogP contribution in [0.25, 0.3) is 0 Å². The van der Waals surface area contributed by atoms with Gasteiger partial charge in [-0.15, -0.1) is 0 Å². The van der Waals surface area contributed by atoms with Crippen LogP contribution in [0.2, 0.25) is 0 Å². The molecule has 2 unspecified atom stereocenters. The highest BCUT2D eigenvalue weighted by Crippen LogP contribution is 2.28. The summed E-state index contributed by atoms with van der Waals surface area (Å²) in [6.07, 6.45) is -2.19. The lowest BCUT2D eigenvalue weighted by Gasteiger charge is -2.29. The number of alkyl halides is 1. The number of benzene rings is 2. The van der Waals surface area contributed by atoms with Crippen molar-refractivity contribution >= 4 is 27.9 Å². The zero-order chi connectivity index (χ0) is 22.8. The van der Waals surface area contributed by atoms with Gasteiger partial charge < -0.3 is 10.1 Å². The first-order chi connectivity index (χ1) is 14.5. The van der Waals surface area contributed by atoms with Gasteiger partial charge in [-0.3, -0.25) is 9.69 Å². The molecule has 2 amide bonds. The van der Waals surface area contributed by atoms with Crippen LogP contribution in [-0.4, -0.2) is 41.3 Å². The van der Waals surface area contributed by atoms with E-state index in [0.717, 1.165) is 10.5 Å². The van der Waals surface area contributed by atoms with Gasteiger partial charge in [-0.05, 0) is 60.0 Å². The molecule has 0 aliphatic carbocycles. The second-order valence-corrected chi connectivity index (χ2v) is 9.36. The van der Waals surface area contributed by atoms with Gasteiger partial charge in [-0.1, -0.05) is 36.4 Å². The van der Waals surface area contributed by atoms with Gasteiger partial charge in [-0.25, -0.2) is 13.6 Å². The summed E-state index contributed by atoms with van der Waals surface area (Å²) in [6, 6.07) is 12.0. The van der Waals surface area contributed by atoms with Gasteiger partial charge in [-0.2, -0.15) is 0 Å². The SMILES string of the molecule is CC(C)(C)OC(=O)N1CC(F)CC1C(=O)N[C@@H](c1ccccc1)c1ccc(Br)c(F)c1. The Labute approximate surface area is 188 Å². The number of amides is 2. The number of nitrogens with zero attached hydrogens (tertiary/aromatic N) is 1. The van der Waals surface area contributed by atoms with Gasteiger partial charge in [0.15, 0.2) is 0 Å². The lowest BCUT2D eigenvalue weighted by molar-refractivity contribution is -0.126. The molecule has 0 spiro atoms. The Morgan fingerprint density at radius 2 is 1.84 bits per heavy atom. The quantitative estimate of drug-likeness (QED) is 0.639. The first kappa shape index (κ1) is 23.2. The third-order valence-electron chi connectivity index (χ3n) is 4.88. The molecule has 8 heteroatoms. The Bertz CT molecular complexity index is 950. The molecule has 0 radical (unpaired) electrons. The zero-order valence-corrected chi connectivity index (χ0v) is 19.2. The normalized spacial score (nSPS) is 19.7. The highest BCUT2D eigenvalue weighted by atomic mass is 79.9. The largest absolute Gasteiger partial charge is 0.444 e. The molecule has 1 N–H and O–H groups in total. The van der Waals surface area contributed by atoms with E-state index in [-0.39, 0.29) is 13.0 Å². The lowest BCUT2D eigenvalue weighted by atomic mass is 9.98. The first-order valence-corrected chi connectivity index (χ1v) is 10.8. The molecule has 0 saturated carbocycles. The highest BCUT2D eigenvalue weighted by molar-refractivity contribution is 9.10. The number of likely N-dealkylation sites (tertiary alicyclic amines) is 1. The van der Waals surface area contributed by atoms with Gasteiger partial charge in [0.1, 0.15) is 23.6 Å². The second kappa shape index (κ2) is 9.34. The van der Waals surface area contributed by atoms with Gasteiger partial charge in [0.2, 0.25) is 5.91 Å². The van der Waals surface area contributed by atoms with Crippen molar-refractivity contribution in [3.8, 4) is 0 Å². The predicted molar refractivity (Wildman–Crippen MR) is 117 cm³/mol. The Morgan fingerprint density at radius 3 is 2.45 bits per heavy atom. The molecular weight excluding hydrogens is 470 g/mol. The zero-order valence-electron chi connectivity index (χ0n) is 17.6. The fraction of sp³-hybridized carbons (Fsp3) is 0.391. The average Bonchev–Trinajstić information content (AvgIpc) is 3.10. The molecule has 0 aromatic heterocycles. The van der Waals surface area contributed by atoms with Crippen molar-refractivity contribution in [2.24, 2.45) is 0 Å². The van der Waals surface area contributed by atoms with Gasteiger partial charge in [0.05, 0.1) is 17.1 Å². The van der Waals surface area contributed by atoms with Crippen molar-refractivity contribution in [1.29, 1.82) is 0 Å². The Morgan fingerprint density at radius 1 is 1.16 bits per heavy atom. The van der Waals surface area contributed by atoms with Crippen molar-refractivity contribution in [3.05, 3.63) is 69.9 Å². The fourth-order valence-corrected chi connectivity index (χ4v) is 3.74. The first-order valence-electron chi connectivity index (χ1n) is 9.99. The molecule has 3 rings (SSSR count). The summed E-state index contributed by atoms with van der Waals surface area (Å²) in [5.41, 5.74) is 0.489. The summed E-state index contributed by atoms with van der Waals surface area (Å²) in [4.78, 5) is 26.8. The van der Waals surface area contributed by atoms with Crippen molar-refractivity contribution in [2.45, 2.75) is 51.0 Å². The van der Waals surface area contributed by atoms with Crippen LogP contribution in [0.5, 0.6) is 0 Å². The van der Waals surface area contributed by atoms with Crippen molar-refractivity contribution < 1.29 is 23.1 Å². The number of rotatable bonds is 4. The molecule has 1 aliphatic rings. The third-order valence-corrected chi connectivity index (χ3v) is 5.52. The van der Waals surface area contributed by atoms with Crippen LogP contribution in [-0.2, 0) is 9.53 Å². The van der Waals surface area contributed by atoms with Crippen LogP contribution in [0.3, 0.4) is 0 Å². The van der Waals surface area contributed by atoms with E-state index in [4.69, 9.17) is 4.74 Å². The number of hydrogen-bond donors (Lipinski definition) is 1. The van der Waals surface area contributed by atoms with E-state index in [1.807, 2.05) is 30.3 Å². The van der Waals surface area contributed by atoms with E-state index in [1.54, 1.807) is 32.9 Å². The summed E-state index contributed by atoms with van der Waals surface area (Å²) >= 11 is 3.13. The smallest absolute Gasteiger partial charge is 0.411 e. The van der Waals surface area contributed by atoms with Crippen LogP contribution in [0.1, 0.15) is 44.4 Å². The molecule has 1 aliphatic heterocycles. The van der Waals surface area contributed by atoms with Gasteiger partial charge >= 0.3 is 6.09 Å². The van der Waals surface area contributed by atoms with E-state index in [2.05, 4.69) is 21.2 Å². The Kier molecular flexibility index (Phi) is 6.99. The number of hydrogen-bond acceptors (Lipinski definition) is 3. The van der Waals surface area contributed by atoms with Crippen LogP contribution in [0, 0.1) is 5.82 Å². The van der Waals surface area contributed by atoms with Crippen molar-refractivity contribution in [3.63, 3.8) is 0 Å². The molecule has 166 valence electrons. The molecule has 2 aromatic rings. The van der Waals surface area contributed by atoms with Crippen LogP contribution in [0.15, 0.2) is 53.0 Å². The number of halogens is 3. The number of carbonyl (C=O) groups is 2. The Hall–Kier alpha value is -2.48. The minimum absolute atomic E-state index is 0.124. The topological polar surface area (TPSA) is 58.6 Å². The second-order valence-electron chi connectivity index (χ2n) is 8.51. The van der Waals surface area contributed by atoms with E-state index in [1.165, 1.54) is 6.07 Å². The van der Waals surface area contributed by atoms with Crippen molar-refractivity contribution in [1.82, 2.24) is 10.2 Å². The summed E-state index contributed by atoms with van der Waals surface area (Å²) in [5.74, 6) is -0.990. The fourth-order valence-electron chi connectivity index (χ4n) is 3.49. The molecular formula is C23H25BrF2N2O3. The molecule has 2 aromatic carbocycles. The molecule has 5 nitrogen and oxygen atoms in total. The highest BCUT2D eigenvalue weighted by Gasteiger charge is 2.42.